The molecule has 0 radical (unpaired) electrons. The zero-order valence-corrected chi connectivity index (χ0v) is 19.4. The molecule has 0 saturated carbocycles. The molecule has 0 bridgehead atoms. The summed E-state index contributed by atoms with van der Waals surface area (Å²) in [5.41, 5.74) is 2.54. The molecule has 1 atom stereocenters. The van der Waals surface area contributed by atoms with Gasteiger partial charge in [0.05, 0.1) is 5.69 Å². The van der Waals surface area contributed by atoms with Crippen molar-refractivity contribution in [3.63, 3.8) is 0 Å². The van der Waals surface area contributed by atoms with Crippen LogP contribution < -0.4 is 15.6 Å². The Balaban J connectivity index is 1.38. The lowest BCUT2D eigenvalue weighted by Gasteiger charge is -2.14. The molecule has 0 fully saturated rings. The monoisotopic (exact) mass is 471 g/mol. The lowest BCUT2D eigenvalue weighted by atomic mass is 10.1. The normalized spacial score (nSPS) is 11.6. The van der Waals surface area contributed by atoms with Gasteiger partial charge < -0.3 is 10.1 Å². The van der Waals surface area contributed by atoms with E-state index in [1.807, 2.05) is 25.1 Å². The van der Waals surface area contributed by atoms with Gasteiger partial charge >= 0.3 is 0 Å². The number of amides is 1. The van der Waals surface area contributed by atoms with Crippen LogP contribution in [0.5, 0.6) is 5.88 Å². The minimum atomic E-state index is -0.348. The van der Waals surface area contributed by atoms with E-state index in [-0.39, 0.29) is 35.8 Å². The molecule has 3 aromatic carbocycles. The Morgan fingerprint density at radius 2 is 1.71 bits per heavy atom. The lowest BCUT2D eigenvalue weighted by molar-refractivity contribution is 0.0938. The largest absolute Gasteiger partial charge is 0.472 e. The van der Waals surface area contributed by atoms with Crippen LogP contribution >= 0.6 is 0 Å². The first-order valence-electron chi connectivity index (χ1n) is 11.4. The van der Waals surface area contributed by atoms with E-state index in [4.69, 9.17) is 4.74 Å². The number of rotatable bonds is 9. The number of halogens is 1. The molecule has 4 aromatic rings. The van der Waals surface area contributed by atoms with Crippen LogP contribution in [0.4, 0.5) is 4.39 Å². The van der Waals surface area contributed by atoms with Crippen LogP contribution in [0.15, 0.2) is 95.8 Å². The zero-order valence-electron chi connectivity index (χ0n) is 19.4. The minimum absolute atomic E-state index is 0.0126. The van der Waals surface area contributed by atoms with E-state index in [0.29, 0.717) is 16.8 Å². The van der Waals surface area contributed by atoms with E-state index >= 15 is 0 Å². The topological polar surface area (TPSA) is 73.2 Å². The van der Waals surface area contributed by atoms with Crippen molar-refractivity contribution >= 4 is 5.91 Å². The highest BCUT2D eigenvalue weighted by Gasteiger charge is 2.11. The van der Waals surface area contributed by atoms with Crippen molar-refractivity contribution in [1.29, 1.82) is 0 Å². The Morgan fingerprint density at radius 3 is 2.46 bits per heavy atom. The summed E-state index contributed by atoms with van der Waals surface area (Å²) in [6.07, 6.45) is 1.71. The van der Waals surface area contributed by atoms with Crippen molar-refractivity contribution in [2.45, 2.75) is 32.4 Å². The molecule has 0 aliphatic rings. The number of hydrogen-bond donors (Lipinski definition) is 1. The van der Waals surface area contributed by atoms with E-state index in [1.54, 1.807) is 36.4 Å². The van der Waals surface area contributed by atoms with Gasteiger partial charge in [-0.1, -0.05) is 42.5 Å². The Bertz CT molecular complexity index is 1340. The first kappa shape index (κ1) is 23.9. The second-order valence-electron chi connectivity index (χ2n) is 8.29. The van der Waals surface area contributed by atoms with Gasteiger partial charge in [-0.15, -0.1) is 5.10 Å². The summed E-state index contributed by atoms with van der Waals surface area (Å²) in [5.74, 6) is -0.300. The van der Waals surface area contributed by atoms with Crippen LogP contribution in [0.1, 0.15) is 34.8 Å². The number of nitrogens with zero attached hydrogens (tertiary/aromatic N) is 2. The van der Waals surface area contributed by atoms with E-state index in [1.165, 1.54) is 34.5 Å². The molecule has 7 heteroatoms. The van der Waals surface area contributed by atoms with Crippen molar-refractivity contribution in [3.8, 4) is 11.6 Å². The number of aryl methyl sites for hydroxylation is 1. The van der Waals surface area contributed by atoms with Crippen molar-refractivity contribution in [2.75, 3.05) is 0 Å². The molecule has 1 amide bonds. The zero-order chi connectivity index (χ0) is 24.6. The highest BCUT2D eigenvalue weighted by molar-refractivity contribution is 5.94. The minimum Gasteiger partial charge on any atom is -0.472 e. The number of aromatic nitrogens is 2. The third kappa shape index (κ3) is 6.63. The first-order chi connectivity index (χ1) is 17.0. The summed E-state index contributed by atoms with van der Waals surface area (Å²) in [6, 6.07) is 25.7. The summed E-state index contributed by atoms with van der Waals surface area (Å²) in [7, 11) is 0. The fourth-order valence-corrected chi connectivity index (χ4v) is 3.60. The van der Waals surface area contributed by atoms with Crippen LogP contribution in [-0.2, 0) is 13.0 Å². The molecule has 0 aliphatic heterocycles. The number of ether oxygens (including phenoxy) is 1. The number of benzene rings is 3. The molecule has 35 heavy (non-hydrogen) atoms. The summed E-state index contributed by atoms with van der Waals surface area (Å²) < 4.78 is 20.2. The number of carbonyl (C=O) groups excluding carboxylic acids is 1. The van der Waals surface area contributed by atoms with Gasteiger partial charge in [-0.3, -0.25) is 9.59 Å². The molecule has 0 unspecified atom stereocenters. The predicted octanol–water partition coefficient (Wildman–Crippen LogP) is 4.70. The molecule has 0 spiro atoms. The van der Waals surface area contributed by atoms with Gasteiger partial charge in [0.1, 0.15) is 12.4 Å². The quantitative estimate of drug-likeness (QED) is 0.384. The molecule has 0 aliphatic carbocycles. The van der Waals surface area contributed by atoms with Crippen molar-refractivity contribution in [3.05, 3.63) is 124 Å². The molecule has 178 valence electrons. The third-order valence-corrected chi connectivity index (χ3v) is 5.51. The molecule has 1 heterocycles. The highest BCUT2D eigenvalue weighted by atomic mass is 19.1. The fraction of sp³-hybridized carbons (Fsp3) is 0.179. The predicted molar refractivity (Wildman–Crippen MR) is 132 cm³/mol. The van der Waals surface area contributed by atoms with Crippen molar-refractivity contribution < 1.29 is 13.9 Å². The van der Waals surface area contributed by atoms with Gasteiger partial charge in [0.15, 0.2) is 0 Å². The number of nitrogens with one attached hydrogen (secondary N) is 1. The molecule has 4 rings (SSSR count). The Labute approximate surface area is 203 Å². The Hall–Kier alpha value is -4.26. The van der Waals surface area contributed by atoms with Gasteiger partial charge in [0, 0.05) is 23.7 Å². The third-order valence-electron chi connectivity index (χ3n) is 5.51. The molecule has 1 N–H and O–H groups in total. The van der Waals surface area contributed by atoms with E-state index in [2.05, 4.69) is 22.5 Å². The van der Waals surface area contributed by atoms with Crippen LogP contribution in [0, 0.1) is 5.82 Å². The van der Waals surface area contributed by atoms with Crippen LogP contribution in [0.2, 0.25) is 0 Å². The summed E-state index contributed by atoms with van der Waals surface area (Å²) in [6.45, 7) is 2.10. The van der Waals surface area contributed by atoms with Gasteiger partial charge in [-0.25, -0.2) is 4.39 Å². The van der Waals surface area contributed by atoms with Gasteiger partial charge in [0.25, 0.3) is 11.5 Å². The van der Waals surface area contributed by atoms with Gasteiger partial charge in [0.2, 0.25) is 5.88 Å². The Morgan fingerprint density at radius 1 is 0.971 bits per heavy atom. The average Bonchev–Trinajstić information content (AvgIpc) is 2.88. The smallest absolute Gasteiger partial charge is 0.271 e. The SMILES string of the molecule is C[C@H](CCc1ccccc1)NC(=O)c1ccc(-n2nc(OCc3cccc(F)c3)ccc2=O)cc1. The van der Waals surface area contributed by atoms with Crippen LogP contribution in [-0.4, -0.2) is 21.7 Å². The standard InChI is InChI=1S/C28H26FN3O3/c1-20(10-11-21-6-3-2-4-7-21)30-28(34)23-12-14-25(15-13-23)32-27(33)17-16-26(31-32)35-19-22-8-5-9-24(29)18-22/h2-9,12-18,20H,10-11,19H2,1H3,(H,30,34)/t20-/m1/s1. The number of hydrogen-bond acceptors (Lipinski definition) is 4. The average molecular weight is 472 g/mol. The molecule has 6 nitrogen and oxygen atoms in total. The van der Waals surface area contributed by atoms with Crippen LogP contribution in [0.3, 0.4) is 0 Å². The summed E-state index contributed by atoms with van der Waals surface area (Å²) >= 11 is 0. The first-order valence-corrected chi connectivity index (χ1v) is 11.4. The fourth-order valence-electron chi connectivity index (χ4n) is 3.60. The van der Waals surface area contributed by atoms with E-state index in [0.717, 1.165) is 12.8 Å². The van der Waals surface area contributed by atoms with Gasteiger partial charge in [-0.2, -0.15) is 4.68 Å². The van der Waals surface area contributed by atoms with Crippen molar-refractivity contribution in [1.82, 2.24) is 15.1 Å². The molecular formula is C28H26FN3O3. The van der Waals surface area contributed by atoms with Crippen molar-refractivity contribution in [2.24, 2.45) is 0 Å². The molecular weight excluding hydrogens is 445 g/mol. The maximum absolute atomic E-state index is 13.4. The van der Waals surface area contributed by atoms with Gasteiger partial charge in [-0.05, 0) is 67.3 Å². The Kier molecular flexibility index (Phi) is 7.67. The summed E-state index contributed by atoms with van der Waals surface area (Å²) in [4.78, 5) is 25.0. The second-order valence-corrected chi connectivity index (χ2v) is 8.29. The lowest BCUT2D eigenvalue weighted by Crippen LogP contribution is -2.32. The molecule has 0 saturated heterocycles. The van der Waals surface area contributed by atoms with E-state index < -0.39 is 0 Å². The maximum Gasteiger partial charge on any atom is 0.271 e. The van der Waals surface area contributed by atoms with E-state index in [9.17, 15) is 14.0 Å². The van der Waals surface area contributed by atoms with Crippen LogP contribution in [0.25, 0.3) is 5.69 Å². The number of carbonyl (C=O) groups is 1. The molecule has 1 aromatic heterocycles. The maximum atomic E-state index is 13.4. The summed E-state index contributed by atoms with van der Waals surface area (Å²) in [5, 5.41) is 7.26. The highest BCUT2D eigenvalue weighted by Crippen LogP contribution is 2.13. The second kappa shape index (κ2) is 11.2.